The maximum absolute atomic E-state index is 12.0. The molecule has 0 radical (unpaired) electrons. The number of rotatable bonds is 13. The minimum atomic E-state index is -0.404. The van der Waals surface area contributed by atoms with Crippen LogP contribution in [0.15, 0.2) is 48.5 Å². The largest absolute Gasteiger partial charge is 0.443 e. The van der Waals surface area contributed by atoms with Crippen LogP contribution in [0.2, 0.25) is 0 Å². The van der Waals surface area contributed by atoms with Gasteiger partial charge in [-0.05, 0) is 30.5 Å². The molecule has 1 aromatic carbocycles. The van der Waals surface area contributed by atoms with E-state index in [9.17, 15) is 4.79 Å². The molecule has 32 heavy (non-hydrogen) atoms. The van der Waals surface area contributed by atoms with Gasteiger partial charge in [0.05, 0.1) is 18.9 Å². The van der Waals surface area contributed by atoms with Gasteiger partial charge in [-0.2, -0.15) is 0 Å². The molecule has 0 fully saturated rings. The molecule has 2 aromatic heterocycles. The normalized spacial score (nSPS) is 12.1. The molecule has 1 unspecified atom stereocenters. The summed E-state index contributed by atoms with van der Waals surface area (Å²) in [7, 11) is 0. The second kappa shape index (κ2) is 12.8. The number of unbranched alkanes of at least 4 members (excludes halogenated alkanes) is 2. The van der Waals surface area contributed by atoms with Gasteiger partial charge in [-0.1, -0.05) is 69.5 Å². The van der Waals surface area contributed by atoms with Crippen LogP contribution < -0.4 is 5.32 Å². The first-order valence-corrected chi connectivity index (χ1v) is 11.6. The highest BCUT2D eigenvalue weighted by Crippen LogP contribution is 2.24. The molecule has 0 bridgehead atoms. The predicted molar refractivity (Wildman–Crippen MR) is 124 cm³/mol. The number of hydrogen-bond acceptors (Lipinski definition) is 5. The third kappa shape index (κ3) is 6.79. The number of alkyl carbamates (subject to hydrolysis) is 1. The molecule has 1 N–H and O–H groups in total. The van der Waals surface area contributed by atoms with Crippen LogP contribution in [0.3, 0.4) is 0 Å². The zero-order valence-corrected chi connectivity index (χ0v) is 19.1. The number of amides is 1. The first-order valence-electron chi connectivity index (χ1n) is 11.6. The molecule has 3 aromatic rings. The van der Waals surface area contributed by atoms with Crippen molar-refractivity contribution in [2.24, 2.45) is 0 Å². The fourth-order valence-corrected chi connectivity index (χ4v) is 3.60. The van der Waals surface area contributed by atoms with E-state index in [1.807, 2.05) is 40.8 Å². The SMILES string of the molecule is CCCCNC(=O)OCc1cccc2nnc(C(CCCC)COCc3ccccc3)n12. The average molecular weight is 439 g/mol. The molecule has 2 heterocycles. The molecule has 0 aliphatic heterocycles. The Bertz CT molecular complexity index is 958. The Kier molecular flexibility index (Phi) is 9.50. The van der Waals surface area contributed by atoms with Crippen molar-refractivity contribution in [1.82, 2.24) is 19.9 Å². The number of carbonyl (C=O) groups is 1. The fraction of sp³-hybridized carbons (Fsp3) is 0.480. The number of pyridine rings is 1. The number of nitrogens with one attached hydrogen (secondary N) is 1. The predicted octanol–water partition coefficient (Wildman–Crippen LogP) is 5.25. The van der Waals surface area contributed by atoms with Crippen LogP contribution in [-0.2, 0) is 22.7 Å². The molecule has 0 aliphatic carbocycles. The Labute approximate surface area is 190 Å². The molecule has 7 heteroatoms. The van der Waals surface area contributed by atoms with Crippen molar-refractivity contribution in [3.63, 3.8) is 0 Å². The third-order valence-corrected chi connectivity index (χ3v) is 5.39. The number of carbonyl (C=O) groups excluding carboxylic acids is 1. The summed E-state index contributed by atoms with van der Waals surface area (Å²) in [6.07, 6.45) is 4.68. The number of hydrogen-bond donors (Lipinski definition) is 1. The Morgan fingerprint density at radius 1 is 1.00 bits per heavy atom. The molecule has 0 aliphatic rings. The zero-order chi connectivity index (χ0) is 22.6. The summed E-state index contributed by atoms with van der Waals surface area (Å²) in [5.74, 6) is 0.959. The Morgan fingerprint density at radius 2 is 1.81 bits per heavy atom. The highest BCUT2D eigenvalue weighted by Gasteiger charge is 2.20. The molecule has 1 atom stereocenters. The second-order valence-corrected chi connectivity index (χ2v) is 7.97. The Morgan fingerprint density at radius 3 is 2.59 bits per heavy atom. The summed E-state index contributed by atoms with van der Waals surface area (Å²) in [4.78, 5) is 12.0. The maximum Gasteiger partial charge on any atom is 0.407 e. The van der Waals surface area contributed by atoms with Gasteiger partial charge in [0, 0.05) is 12.5 Å². The van der Waals surface area contributed by atoms with Crippen LogP contribution in [-0.4, -0.2) is 33.8 Å². The molecular weight excluding hydrogens is 404 g/mol. The number of fused-ring (bicyclic) bond motifs is 1. The van der Waals surface area contributed by atoms with E-state index in [0.717, 1.165) is 54.8 Å². The topological polar surface area (TPSA) is 77.8 Å². The molecule has 0 spiro atoms. The number of ether oxygens (including phenoxy) is 2. The van der Waals surface area contributed by atoms with Crippen molar-refractivity contribution in [3.8, 4) is 0 Å². The van der Waals surface area contributed by atoms with Crippen molar-refractivity contribution in [2.45, 2.75) is 65.1 Å². The van der Waals surface area contributed by atoms with Gasteiger partial charge < -0.3 is 14.8 Å². The summed E-state index contributed by atoms with van der Waals surface area (Å²) >= 11 is 0. The van der Waals surface area contributed by atoms with Gasteiger partial charge in [-0.3, -0.25) is 4.40 Å². The van der Waals surface area contributed by atoms with Gasteiger partial charge in [-0.25, -0.2) is 4.79 Å². The van der Waals surface area contributed by atoms with Crippen LogP contribution in [0, 0.1) is 0 Å². The van der Waals surface area contributed by atoms with Crippen LogP contribution in [0.1, 0.15) is 69.0 Å². The second-order valence-electron chi connectivity index (χ2n) is 7.97. The Hall–Kier alpha value is -2.93. The molecule has 1 amide bonds. The van der Waals surface area contributed by atoms with Gasteiger partial charge in [0.25, 0.3) is 0 Å². The lowest BCUT2D eigenvalue weighted by Crippen LogP contribution is -2.25. The van der Waals surface area contributed by atoms with Gasteiger partial charge in [-0.15, -0.1) is 10.2 Å². The van der Waals surface area contributed by atoms with E-state index in [1.54, 1.807) is 0 Å². The highest BCUT2D eigenvalue weighted by molar-refractivity contribution is 5.67. The van der Waals surface area contributed by atoms with E-state index in [2.05, 4.69) is 41.5 Å². The maximum atomic E-state index is 12.0. The zero-order valence-electron chi connectivity index (χ0n) is 19.1. The smallest absolute Gasteiger partial charge is 0.407 e. The lowest BCUT2D eigenvalue weighted by atomic mass is 10.0. The monoisotopic (exact) mass is 438 g/mol. The fourth-order valence-electron chi connectivity index (χ4n) is 3.60. The van der Waals surface area contributed by atoms with E-state index < -0.39 is 6.09 Å². The van der Waals surface area contributed by atoms with Crippen molar-refractivity contribution >= 4 is 11.7 Å². The average Bonchev–Trinajstić information content (AvgIpc) is 3.25. The van der Waals surface area contributed by atoms with Crippen molar-refractivity contribution in [2.75, 3.05) is 13.2 Å². The molecule has 7 nitrogen and oxygen atoms in total. The molecule has 172 valence electrons. The standard InChI is InChI=1S/C25H34N4O3/c1-3-5-13-21(18-31-17-20-11-8-7-9-12-20)24-28-27-23-15-10-14-22(29(23)24)19-32-25(30)26-16-6-4-2/h7-12,14-15,21H,3-6,13,16-19H2,1-2H3,(H,26,30). The minimum Gasteiger partial charge on any atom is -0.443 e. The van der Waals surface area contributed by atoms with Crippen molar-refractivity contribution in [1.29, 1.82) is 0 Å². The first kappa shape index (κ1) is 23.7. The lowest BCUT2D eigenvalue weighted by Gasteiger charge is -2.17. The van der Waals surface area contributed by atoms with E-state index in [0.29, 0.717) is 19.8 Å². The summed E-state index contributed by atoms with van der Waals surface area (Å²) < 4.78 is 13.5. The van der Waals surface area contributed by atoms with E-state index in [1.165, 1.54) is 0 Å². The summed E-state index contributed by atoms with van der Waals surface area (Å²) in [6.45, 7) is 6.16. The summed E-state index contributed by atoms with van der Waals surface area (Å²) in [5, 5.41) is 11.6. The Balaban J connectivity index is 1.72. The lowest BCUT2D eigenvalue weighted by molar-refractivity contribution is 0.101. The number of aromatic nitrogens is 3. The van der Waals surface area contributed by atoms with Crippen molar-refractivity contribution < 1.29 is 14.3 Å². The molecule has 0 saturated heterocycles. The first-order chi connectivity index (χ1) is 15.7. The molecule has 3 rings (SSSR count). The number of benzene rings is 1. The molecule has 0 saturated carbocycles. The highest BCUT2D eigenvalue weighted by atomic mass is 16.5. The molecular formula is C25H34N4O3. The third-order valence-electron chi connectivity index (χ3n) is 5.39. The number of nitrogens with zero attached hydrogens (tertiary/aromatic N) is 3. The van der Waals surface area contributed by atoms with Gasteiger partial charge in [0.1, 0.15) is 12.4 Å². The van der Waals surface area contributed by atoms with Gasteiger partial charge in [0.15, 0.2) is 5.65 Å². The van der Waals surface area contributed by atoms with Crippen molar-refractivity contribution in [3.05, 3.63) is 65.6 Å². The van der Waals surface area contributed by atoms with Gasteiger partial charge >= 0.3 is 6.09 Å². The van der Waals surface area contributed by atoms with Crippen LogP contribution >= 0.6 is 0 Å². The van der Waals surface area contributed by atoms with E-state index in [-0.39, 0.29) is 12.5 Å². The van der Waals surface area contributed by atoms with Crippen LogP contribution in [0.4, 0.5) is 4.79 Å². The van der Waals surface area contributed by atoms with E-state index in [4.69, 9.17) is 9.47 Å². The minimum absolute atomic E-state index is 0.105. The summed E-state index contributed by atoms with van der Waals surface area (Å²) in [5.41, 5.74) is 2.74. The van der Waals surface area contributed by atoms with Gasteiger partial charge in [0.2, 0.25) is 0 Å². The van der Waals surface area contributed by atoms with Crippen LogP contribution in [0.25, 0.3) is 5.65 Å². The van der Waals surface area contributed by atoms with E-state index >= 15 is 0 Å². The summed E-state index contributed by atoms with van der Waals surface area (Å²) in [6, 6.07) is 15.9. The quantitative estimate of drug-likeness (QED) is 0.369. The van der Waals surface area contributed by atoms with Crippen LogP contribution in [0.5, 0.6) is 0 Å².